The van der Waals surface area contributed by atoms with Gasteiger partial charge >= 0.3 is 6.18 Å². The molecule has 0 aliphatic carbocycles. The highest BCUT2D eigenvalue weighted by Gasteiger charge is 2.27. The Balaban J connectivity index is 2.29. The summed E-state index contributed by atoms with van der Waals surface area (Å²) >= 11 is 0. The van der Waals surface area contributed by atoms with Gasteiger partial charge in [0.2, 0.25) is 0 Å². The van der Waals surface area contributed by atoms with E-state index in [0.29, 0.717) is 11.3 Å². The fourth-order valence-corrected chi connectivity index (χ4v) is 1.49. The first-order valence-electron chi connectivity index (χ1n) is 4.82. The highest BCUT2D eigenvalue weighted by molar-refractivity contribution is 5.60. The Morgan fingerprint density at radius 3 is 2.59 bits per heavy atom. The van der Waals surface area contributed by atoms with Crippen LogP contribution in [0, 0.1) is 0 Å². The largest absolute Gasteiger partial charge is 0.393 e. The van der Waals surface area contributed by atoms with Gasteiger partial charge in [-0.25, -0.2) is 0 Å². The van der Waals surface area contributed by atoms with Crippen molar-refractivity contribution in [3.05, 3.63) is 35.9 Å². The van der Waals surface area contributed by atoms with Crippen LogP contribution in [0.25, 0.3) is 11.3 Å². The minimum atomic E-state index is -4.22. The lowest BCUT2D eigenvalue weighted by Crippen LogP contribution is -2.11. The first-order valence-corrected chi connectivity index (χ1v) is 4.82. The standard InChI is InChI=1S/C11H9F3N2O/c12-11(13,14)6-7-2-1-3-8(4-7)9-5-10(15)16-17-9/h1-5H,6H2,(H2,15,16). The van der Waals surface area contributed by atoms with Crippen molar-refractivity contribution in [3.8, 4) is 11.3 Å². The van der Waals surface area contributed by atoms with Gasteiger partial charge in [-0.05, 0) is 11.6 Å². The summed E-state index contributed by atoms with van der Waals surface area (Å²) in [5, 5.41) is 3.48. The number of nitrogens with two attached hydrogens (primary N) is 1. The van der Waals surface area contributed by atoms with E-state index in [0.717, 1.165) is 0 Å². The highest BCUT2D eigenvalue weighted by atomic mass is 19.4. The number of nitrogen functional groups attached to an aromatic ring is 1. The van der Waals surface area contributed by atoms with Gasteiger partial charge in [0, 0.05) is 11.6 Å². The fourth-order valence-electron chi connectivity index (χ4n) is 1.49. The van der Waals surface area contributed by atoms with E-state index >= 15 is 0 Å². The molecule has 0 amide bonds. The third-order valence-electron chi connectivity index (χ3n) is 2.14. The van der Waals surface area contributed by atoms with Crippen molar-refractivity contribution >= 4 is 5.82 Å². The van der Waals surface area contributed by atoms with Crippen LogP contribution in [0.3, 0.4) is 0 Å². The Kier molecular flexibility index (Phi) is 2.79. The lowest BCUT2D eigenvalue weighted by atomic mass is 10.1. The molecule has 3 nitrogen and oxygen atoms in total. The van der Waals surface area contributed by atoms with Crippen LogP contribution in [-0.4, -0.2) is 11.3 Å². The molecule has 0 bridgehead atoms. The van der Waals surface area contributed by atoms with Gasteiger partial charge in [0.05, 0.1) is 6.42 Å². The molecular weight excluding hydrogens is 233 g/mol. The molecule has 0 saturated heterocycles. The summed E-state index contributed by atoms with van der Waals surface area (Å²) in [6.45, 7) is 0. The summed E-state index contributed by atoms with van der Waals surface area (Å²) in [5.41, 5.74) is 6.07. The van der Waals surface area contributed by atoms with Crippen LogP contribution in [-0.2, 0) is 6.42 Å². The molecule has 2 rings (SSSR count). The SMILES string of the molecule is Nc1cc(-c2cccc(CC(F)(F)F)c2)on1. The molecule has 0 fully saturated rings. The third kappa shape index (κ3) is 2.99. The molecule has 2 aromatic rings. The Morgan fingerprint density at radius 1 is 1.24 bits per heavy atom. The van der Waals surface area contributed by atoms with E-state index in [1.54, 1.807) is 6.07 Å². The maximum atomic E-state index is 12.2. The summed E-state index contributed by atoms with van der Waals surface area (Å²) in [6.07, 6.45) is -5.19. The number of aromatic nitrogens is 1. The normalized spacial score (nSPS) is 11.7. The van der Waals surface area contributed by atoms with E-state index < -0.39 is 12.6 Å². The maximum Gasteiger partial charge on any atom is 0.393 e. The summed E-state index contributed by atoms with van der Waals surface area (Å²) in [5.74, 6) is 0.549. The van der Waals surface area contributed by atoms with Crippen molar-refractivity contribution in [2.45, 2.75) is 12.6 Å². The van der Waals surface area contributed by atoms with Gasteiger partial charge in [0.1, 0.15) is 0 Å². The van der Waals surface area contributed by atoms with E-state index in [1.165, 1.54) is 24.3 Å². The minimum absolute atomic E-state index is 0.171. The molecule has 2 N–H and O–H groups in total. The summed E-state index contributed by atoms with van der Waals surface area (Å²) in [7, 11) is 0. The molecule has 90 valence electrons. The average Bonchev–Trinajstić information content (AvgIpc) is 2.63. The molecule has 6 heteroatoms. The molecule has 0 spiro atoms. The topological polar surface area (TPSA) is 52.0 Å². The van der Waals surface area contributed by atoms with Gasteiger partial charge < -0.3 is 10.3 Å². The second-order valence-electron chi connectivity index (χ2n) is 3.61. The van der Waals surface area contributed by atoms with Crippen molar-refractivity contribution in [2.75, 3.05) is 5.73 Å². The quantitative estimate of drug-likeness (QED) is 0.880. The second-order valence-corrected chi connectivity index (χ2v) is 3.61. The molecule has 17 heavy (non-hydrogen) atoms. The molecule has 1 heterocycles. The van der Waals surface area contributed by atoms with Crippen LogP contribution >= 0.6 is 0 Å². The number of hydrogen-bond donors (Lipinski definition) is 1. The number of alkyl halides is 3. The van der Waals surface area contributed by atoms with Gasteiger partial charge in [0.15, 0.2) is 11.6 Å². The van der Waals surface area contributed by atoms with Crippen LogP contribution in [0.1, 0.15) is 5.56 Å². The van der Waals surface area contributed by atoms with Gasteiger partial charge in [-0.15, -0.1) is 0 Å². The predicted octanol–water partition coefficient (Wildman–Crippen LogP) is 3.03. The minimum Gasteiger partial charge on any atom is -0.381 e. The van der Waals surface area contributed by atoms with Crippen LogP contribution in [0.5, 0.6) is 0 Å². The van der Waals surface area contributed by atoms with Gasteiger partial charge in [0.25, 0.3) is 0 Å². The molecule has 0 aliphatic rings. The zero-order chi connectivity index (χ0) is 12.5. The molecule has 1 aromatic heterocycles. The number of hydrogen-bond acceptors (Lipinski definition) is 3. The lowest BCUT2D eigenvalue weighted by molar-refractivity contribution is -0.127. The van der Waals surface area contributed by atoms with Gasteiger partial charge in [-0.1, -0.05) is 23.4 Å². The Labute approximate surface area is 95.0 Å². The van der Waals surface area contributed by atoms with E-state index in [9.17, 15) is 13.2 Å². The predicted molar refractivity (Wildman–Crippen MR) is 56.1 cm³/mol. The smallest absolute Gasteiger partial charge is 0.381 e. The van der Waals surface area contributed by atoms with Crippen molar-refractivity contribution in [2.24, 2.45) is 0 Å². The molecule has 0 atom stereocenters. The van der Waals surface area contributed by atoms with Crippen molar-refractivity contribution in [3.63, 3.8) is 0 Å². The third-order valence-corrected chi connectivity index (χ3v) is 2.14. The van der Waals surface area contributed by atoms with Crippen molar-refractivity contribution in [1.29, 1.82) is 0 Å². The molecule has 0 radical (unpaired) electrons. The molecular formula is C11H9F3N2O. The molecule has 0 aliphatic heterocycles. The van der Waals surface area contributed by atoms with E-state index in [2.05, 4.69) is 5.16 Å². The number of benzene rings is 1. The zero-order valence-electron chi connectivity index (χ0n) is 8.66. The second kappa shape index (κ2) is 4.12. The van der Waals surface area contributed by atoms with Gasteiger partial charge in [-0.2, -0.15) is 13.2 Å². The lowest BCUT2D eigenvalue weighted by Gasteiger charge is -2.06. The van der Waals surface area contributed by atoms with Crippen LogP contribution < -0.4 is 5.73 Å². The van der Waals surface area contributed by atoms with Crippen molar-refractivity contribution < 1.29 is 17.7 Å². The molecule has 1 aromatic carbocycles. The number of rotatable bonds is 2. The van der Waals surface area contributed by atoms with Gasteiger partial charge in [-0.3, -0.25) is 0 Å². The highest BCUT2D eigenvalue weighted by Crippen LogP contribution is 2.26. The van der Waals surface area contributed by atoms with Crippen LogP contribution in [0.4, 0.5) is 19.0 Å². The number of nitrogens with zero attached hydrogens (tertiary/aromatic N) is 1. The number of anilines is 1. The van der Waals surface area contributed by atoms with Crippen molar-refractivity contribution in [1.82, 2.24) is 5.16 Å². The Morgan fingerprint density at radius 2 is 2.00 bits per heavy atom. The van der Waals surface area contributed by atoms with E-state index in [1.807, 2.05) is 0 Å². The fraction of sp³-hybridized carbons (Fsp3) is 0.182. The summed E-state index contributed by atoms with van der Waals surface area (Å²) in [4.78, 5) is 0. The average molecular weight is 242 g/mol. The first kappa shape index (κ1) is 11.5. The Hall–Kier alpha value is -1.98. The number of halogens is 3. The van der Waals surface area contributed by atoms with Crippen LogP contribution in [0.2, 0.25) is 0 Å². The first-order chi connectivity index (χ1) is 7.94. The molecule has 0 saturated carbocycles. The summed E-state index contributed by atoms with van der Waals surface area (Å²) < 4.78 is 41.6. The zero-order valence-corrected chi connectivity index (χ0v) is 8.66. The maximum absolute atomic E-state index is 12.2. The van der Waals surface area contributed by atoms with Crippen LogP contribution in [0.15, 0.2) is 34.9 Å². The van der Waals surface area contributed by atoms with E-state index in [4.69, 9.17) is 10.3 Å². The summed E-state index contributed by atoms with van der Waals surface area (Å²) in [6, 6.07) is 7.46. The molecule has 0 unspecified atom stereocenters. The Bertz CT molecular complexity index is 519. The van der Waals surface area contributed by atoms with E-state index in [-0.39, 0.29) is 11.4 Å². The monoisotopic (exact) mass is 242 g/mol.